The molecule has 0 atom stereocenters. The molecule has 0 aromatic carbocycles. The van der Waals surface area contributed by atoms with E-state index in [1.54, 1.807) is 18.3 Å². The molecule has 5 nitrogen and oxygen atoms in total. The van der Waals surface area contributed by atoms with E-state index in [1.165, 1.54) is 6.08 Å². The molecule has 5 heteroatoms. The number of hydrogen-bond acceptors (Lipinski definition) is 4. The summed E-state index contributed by atoms with van der Waals surface area (Å²) in [7, 11) is 0. The molecule has 0 aliphatic carbocycles. The van der Waals surface area contributed by atoms with Gasteiger partial charge >= 0.3 is 5.97 Å². The molecule has 0 saturated carbocycles. The third kappa shape index (κ3) is 6.01. The highest BCUT2D eigenvalue weighted by Gasteiger charge is 2.00. The number of carboxylic acid groups (broad SMARTS) is 1. The first-order valence-corrected chi connectivity index (χ1v) is 6.38. The maximum absolute atomic E-state index is 10.4. The van der Waals surface area contributed by atoms with Crippen LogP contribution in [-0.4, -0.2) is 47.2 Å². The summed E-state index contributed by atoms with van der Waals surface area (Å²) in [6.07, 6.45) is 4.11. The molecule has 0 aliphatic heterocycles. The van der Waals surface area contributed by atoms with Crippen LogP contribution in [0, 0.1) is 0 Å². The Bertz CT molecular complexity index is 411. The molecular weight excluding hydrogens is 244 g/mol. The van der Waals surface area contributed by atoms with Crippen molar-refractivity contribution in [1.82, 2.24) is 9.88 Å². The van der Waals surface area contributed by atoms with Crippen molar-refractivity contribution in [3.8, 4) is 5.75 Å². The number of rotatable bonds is 8. The third-order valence-electron chi connectivity index (χ3n) is 2.73. The van der Waals surface area contributed by atoms with Gasteiger partial charge in [-0.1, -0.05) is 13.8 Å². The van der Waals surface area contributed by atoms with E-state index in [1.807, 2.05) is 0 Å². The van der Waals surface area contributed by atoms with Gasteiger partial charge in [0.1, 0.15) is 12.4 Å². The van der Waals surface area contributed by atoms with Gasteiger partial charge in [-0.05, 0) is 31.3 Å². The van der Waals surface area contributed by atoms with E-state index in [9.17, 15) is 4.79 Å². The maximum atomic E-state index is 10.4. The normalized spacial score (nSPS) is 11.1. The minimum absolute atomic E-state index is 0.596. The van der Waals surface area contributed by atoms with E-state index in [4.69, 9.17) is 9.84 Å². The molecule has 0 bridgehead atoms. The fourth-order valence-electron chi connectivity index (χ4n) is 1.56. The Kier molecular flexibility index (Phi) is 6.60. The summed E-state index contributed by atoms with van der Waals surface area (Å²) < 4.78 is 5.58. The maximum Gasteiger partial charge on any atom is 0.328 e. The highest BCUT2D eigenvalue weighted by molar-refractivity contribution is 5.84. The minimum atomic E-state index is -0.985. The Morgan fingerprint density at radius 1 is 1.42 bits per heavy atom. The zero-order valence-corrected chi connectivity index (χ0v) is 11.4. The van der Waals surface area contributed by atoms with Crippen molar-refractivity contribution in [2.45, 2.75) is 13.8 Å². The third-order valence-corrected chi connectivity index (χ3v) is 2.73. The summed E-state index contributed by atoms with van der Waals surface area (Å²) in [5, 5.41) is 8.50. The van der Waals surface area contributed by atoms with Gasteiger partial charge in [0.05, 0.1) is 11.9 Å². The fraction of sp³-hybridized carbons (Fsp3) is 0.429. The lowest BCUT2D eigenvalue weighted by Crippen LogP contribution is -2.27. The predicted molar refractivity (Wildman–Crippen MR) is 74.2 cm³/mol. The van der Waals surface area contributed by atoms with Crippen LogP contribution in [0.5, 0.6) is 5.75 Å². The summed E-state index contributed by atoms with van der Waals surface area (Å²) in [6, 6.07) is 3.52. The van der Waals surface area contributed by atoms with Crippen molar-refractivity contribution in [2.75, 3.05) is 26.2 Å². The van der Waals surface area contributed by atoms with E-state index < -0.39 is 5.97 Å². The molecule has 1 N–H and O–H groups in total. The molecule has 0 unspecified atom stereocenters. The van der Waals surface area contributed by atoms with Crippen LogP contribution in [0.25, 0.3) is 6.08 Å². The predicted octanol–water partition coefficient (Wildman–Crippen LogP) is 1.90. The van der Waals surface area contributed by atoms with Gasteiger partial charge in [0.2, 0.25) is 0 Å². The number of ether oxygens (including phenoxy) is 1. The van der Waals surface area contributed by atoms with Gasteiger partial charge in [-0.15, -0.1) is 0 Å². The SMILES string of the molecule is CCN(CC)CCOc1ccc(C=CC(=O)O)nc1. The quantitative estimate of drug-likeness (QED) is 0.727. The van der Waals surface area contributed by atoms with Crippen LogP contribution in [0.2, 0.25) is 0 Å². The van der Waals surface area contributed by atoms with Crippen LogP contribution in [0.3, 0.4) is 0 Å². The molecule has 1 rings (SSSR count). The average Bonchev–Trinajstić information content (AvgIpc) is 2.42. The van der Waals surface area contributed by atoms with Crippen molar-refractivity contribution in [2.24, 2.45) is 0 Å². The standard InChI is InChI=1S/C14H20N2O3/c1-3-16(4-2)9-10-19-13-7-5-12(15-11-13)6-8-14(17)18/h5-8,11H,3-4,9-10H2,1-2H3,(H,17,18). The Morgan fingerprint density at radius 2 is 2.16 bits per heavy atom. The number of likely N-dealkylation sites (N-methyl/N-ethyl adjacent to an activating group) is 1. The van der Waals surface area contributed by atoms with E-state index in [0.717, 1.165) is 25.7 Å². The number of nitrogens with zero attached hydrogens (tertiary/aromatic N) is 2. The molecule has 19 heavy (non-hydrogen) atoms. The Labute approximate surface area is 113 Å². The molecule has 0 radical (unpaired) electrons. The van der Waals surface area contributed by atoms with Gasteiger partial charge in [-0.2, -0.15) is 0 Å². The second-order valence-electron chi connectivity index (χ2n) is 3.97. The lowest BCUT2D eigenvalue weighted by molar-refractivity contribution is -0.131. The molecule has 0 aliphatic rings. The smallest absolute Gasteiger partial charge is 0.328 e. The lowest BCUT2D eigenvalue weighted by atomic mass is 10.3. The summed E-state index contributed by atoms with van der Waals surface area (Å²) in [4.78, 5) is 16.7. The van der Waals surface area contributed by atoms with Crippen LogP contribution in [0.4, 0.5) is 0 Å². The first kappa shape index (κ1) is 15.2. The van der Waals surface area contributed by atoms with Crippen molar-refractivity contribution < 1.29 is 14.6 Å². The summed E-state index contributed by atoms with van der Waals surface area (Å²) in [5.41, 5.74) is 0.596. The summed E-state index contributed by atoms with van der Waals surface area (Å²) >= 11 is 0. The van der Waals surface area contributed by atoms with E-state index in [2.05, 4.69) is 23.7 Å². The van der Waals surface area contributed by atoms with Crippen LogP contribution >= 0.6 is 0 Å². The van der Waals surface area contributed by atoms with Crippen LogP contribution in [0.1, 0.15) is 19.5 Å². The topological polar surface area (TPSA) is 62.7 Å². The Morgan fingerprint density at radius 3 is 2.68 bits per heavy atom. The van der Waals surface area contributed by atoms with Crippen molar-refractivity contribution >= 4 is 12.0 Å². The van der Waals surface area contributed by atoms with Crippen molar-refractivity contribution in [3.63, 3.8) is 0 Å². The number of pyridine rings is 1. The largest absolute Gasteiger partial charge is 0.491 e. The highest BCUT2D eigenvalue weighted by Crippen LogP contribution is 2.10. The van der Waals surface area contributed by atoms with E-state index in [-0.39, 0.29) is 0 Å². The van der Waals surface area contributed by atoms with Gasteiger partial charge in [0.25, 0.3) is 0 Å². The fourth-order valence-corrected chi connectivity index (χ4v) is 1.56. The van der Waals surface area contributed by atoms with Gasteiger partial charge in [0.15, 0.2) is 0 Å². The molecular formula is C14H20N2O3. The van der Waals surface area contributed by atoms with Gasteiger partial charge < -0.3 is 14.7 Å². The van der Waals surface area contributed by atoms with Crippen LogP contribution < -0.4 is 4.74 Å². The second-order valence-corrected chi connectivity index (χ2v) is 3.97. The Balaban J connectivity index is 2.42. The number of aliphatic carboxylic acids is 1. The number of carboxylic acids is 1. The average molecular weight is 264 g/mol. The molecule has 0 amide bonds. The van der Waals surface area contributed by atoms with Crippen LogP contribution in [-0.2, 0) is 4.79 Å². The number of carbonyl (C=O) groups is 1. The number of hydrogen-bond donors (Lipinski definition) is 1. The molecule has 0 saturated heterocycles. The highest BCUT2D eigenvalue weighted by atomic mass is 16.5. The van der Waals surface area contributed by atoms with Gasteiger partial charge in [-0.25, -0.2) is 4.79 Å². The molecule has 1 heterocycles. The second kappa shape index (κ2) is 8.26. The van der Waals surface area contributed by atoms with Gasteiger partial charge in [-0.3, -0.25) is 4.98 Å². The molecule has 104 valence electrons. The zero-order chi connectivity index (χ0) is 14.1. The first-order valence-electron chi connectivity index (χ1n) is 6.38. The molecule has 0 fully saturated rings. The van der Waals surface area contributed by atoms with Crippen LogP contribution in [0.15, 0.2) is 24.4 Å². The minimum Gasteiger partial charge on any atom is -0.491 e. The summed E-state index contributed by atoms with van der Waals surface area (Å²) in [5.74, 6) is -0.291. The zero-order valence-electron chi connectivity index (χ0n) is 11.4. The molecule has 1 aromatic heterocycles. The first-order chi connectivity index (χ1) is 9.15. The monoisotopic (exact) mass is 264 g/mol. The number of aromatic nitrogens is 1. The van der Waals surface area contributed by atoms with E-state index in [0.29, 0.717) is 18.1 Å². The molecule has 0 spiro atoms. The summed E-state index contributed by atoms with van der Waals surface area (Å²) in [6.45, 7) is 7.76. The molecule has 1 aromatic rings. The Hall–Kier alpha value is -1.88. The van der Waals surface area contributed by atoms with E-state index >= 15 is 0 Å². The van der Waals surface area contributed by atoms with Gasteiger partial charge in [0, 0.05) is 12.6 Å². The van der Waals surface area contributed by atoms with Crippen molar-refractivity contribution in [3.05, 3.63) is 30.1 Å². The van der Waals surface area contributed by atoms with Crippen molar-refractivity contribution in [1.29, 1.82) is 0 Å². The lowest BCUT2D eigenvalue weighted by Gasteiger charge is -2.17.